The van der Waals surface area contributed by atoms with E-state index in [-0.39, 0.29) is 0 Å². The summed E-state index contributed by atoms with van der Waals surface area (Å²) in [6.45, 7) is 9.15. The predicted molar refractivity (Wildman–Crippen MR) is 62.3 cm³/mol. The summed E-state index contributed by atoms with van der Waals surface area (Å²) in [6.07, 6.45) is 3.89. The molecule has 2 heteroatoms. The van der Waals surface area contributed by atoms with E-state index >= 15 is 0 Å². The van der Waals surface area contributed by atoms with Crippen LogP contribution < -0.4 is 5.73 Å². The minimum Gasteiger partial charge on any atom is -0.327 e. The quantitative estimate of drug-likeness (QED) is 0.733. The normalized spacial score (nSPS) is 20.1. The van der Waals surface area contributed by atoms with E-state index in [2.05, 4.69) is 32.7 Å². The minimum absolute atomic E-state index is 0.401. The van der Waals surface area contributed by atoms with Crippen molar-refractivity contribution in [2.75, 3.05) is 20.1 Å². The first-order valence-electron chi connectivity index (χ1n) is 5.82. The largest absolute Gasteiger partial charge is 0.327 e. The van der Waals surface area contributed by atoms with Crippen LogP contribution in [-0.4, -0.2) is 31.1 Å². The van der Waals surface area contributed by atoms with Crippen LogP contribution in [-0.2, 0) is 0 Å². The predicted octanol–water partition coefficient (Wildman–Crippen LogP) is 2.09. The van der Waals surface area contributed by atoms with Crippen LogP contribution in [0.5, 0.6) is 0 Å². The third-order valence-corrected chi connectivity index (χ3v) is 2.82. The molecule has 1 fully saturated rings. The van der Waals surface area contributed by atoms with Crippen molar-refractivity contribution in [2.45, 2.75) is 46.1 Å². The Bertz CT molecular complexity index is 168. The highest BCUT2D eigenvalue weighted by Crippen LogP contribution is 2.32. The van der Waals surface area contributed by atoms with Gasteiger partial charge in [0.1, 0.15) is 0 Å². The molecule has 0 aromatic heterocycles. The van der Waals surface area contributed by atoms with Crippen LogP contribution in [0.25, 0.3) is 0 Å². The van der Waals surface area contributed by atoms with Gasteiger partial charge in [-0.15, -0.1) is 0 Å². The molecule has 0 radical (unpaired) electrons. The van der Waals surface area contributed by atoms with Crippen molar-refractivity contribution in [2.24, 2.45) is 17.1 Å². The fourth-order valence-electron chi connectivity index (χ4n) is 2.02. The van der Waals surface area contributed by atoms with Crippen molar-refractivity contribution in [3.8, 4) is 0 Å². The average Bonchev–Trinajstić information content (AvgIpc) is 2.78. The Balaban J connectivity index is 2.10. The Hall–Kier alpha value is -0.0800. The van der Waals surface area contributed by atoms with E-state index in [1.165, 1.54) is 12.8 Å². The lowest BCUT2D eigenvalue weighted by Gasteiger charge is -2.27. The molecule has 2 N–H and O–H groups in total. The summed E-state index contributed by atoms with van der Waals surface area (Å²) >= 11 is 0. The summed E-state index contributed by atoms with van der Waals surface area (Å²) in [5.41, 5.74) is 6.47. The van der Waals surface area contributed by atoms with Gasteiger partial charge < -0.3 is 10.6 Å². The molecule has 1 atom stereocenters. The second-order valence-corrected chi connectivity index (χ2v) is 6.09. The molecule has 1 saturated carbocycles. The summed E-state index contributed by atoms with van der Waals surface area (Å²) in [5, 5.41) is 0. The monoisotopic (exact) mass is 198 g/mol. The number of rotatable bonds is 5. The van der Waals surface area contributed by atoms with E-state index in [1.807, 2.05) is 0 Å². The molecule has 0 amide bonds. The van der Waals surface area contributed by atoms with Crippen molar-refractivity contribution in [1.82, 2.24) is 4.90 Å². The lowest BCUT2D eigenvalue weighted by molar-refractivity contribution is 0.219. The molecule has 0 saturated heterocycles. The number of hydrogen-bond acceptors (Lipinski definition) is 2. The van der Waals surface area contributed by atoms with E-state index < -0.39 is 0 Å². The highest BCUT2D eigenvalue weighted by atomic mass is 15.1. The van der Waals surface area contributed by atoms with Crippen LogP contribution >= 0.6 is 0 Å². The van der Waals surface area contributed by atoms with Crippen LogP contribution in [0.3, 0.4) is 0 Å². The summed E-state index contributed by atoms with van der Waals surface area (Å²) in [5.74, 6) is 0.845. The Morgan fingerprint density at radius 2 is 1.93 bits per heavy atom. The van der Waals surface area contributed by atoms with E-state index in [0.717, 1.165) is 25.4 Å². The molecule has 0 heterocycles. The van der Waals surface area contributed by atoms with Crippen LogP contribution in [0.2, 0.25) is 0 Å². The van der Waals surface area contributed by atoms with Gasteiger partial charge in [-0.25, -0.2) is 0 Å². The van der Waals surface area contributed by atoms with Crippen molar-refractivity contribution >= 4 is 0 Å². The first-order chi connectivity index (χ1) is 6.38. The van der Waals surface area contributed by atoms with E-state index in [0.29, 0.717) is 11.5 Å². The molecular weight excluding hydrogens is 172 g/mol. The van der Waals surface area contributed by atoms with E-state index in [1.54, 1.807) is 0 Å². The van der Waals surface area contributed by atoms with Crippen molar-refractivity contribution < 1.29 is 0 Å². The van der Waals surface area contributed by atoms with E-state index in [9.17, 15) is 0 Å². The van der Waals surface area contributed by atoms with Crippen LogP contribution in [0.1, 0.15) is 40.0 Å². The molecule has 1 aliphatic rings. The van der Waals surface area contributed by atoms with Crippen molar-refractivity contribution in [1.29, 1.82) is 0 Å². The molecule has 1 aliphatic carbocycles. The van der Waals surface area contributed by atoms with Gasteiger partial charge in [0.15, 0.2) is 0 Å². The van der Waals surface area contributed by atoms with Gasteiger partial charge >= 0.3 is 0 Å². The molecule has 2 nitrogen and oxygen atoms in total. The summed E-state index contributed by atoms with van der Waals surface area (Å²) in [7, 11) is 2.20. The zero-order chi connectivity index (χ0) is 10.8. The van der Waals surface area contributed by atoms with Gasteiger partial charge in [-0.1, -0.05) is 20.8 Å². The molecule has 0 bridgehead atoms. The van der Waals surface area contributed by atoms with Gasteiger partial charge in [-0.2, -0.15) is 0 Å². The topological polar surface area (TPSA) is 29.3 Å². The highest BCUT2D eigenvalue weighted by Gasteiger charge is 2.28. The van der Waals surface area contributed by atoms with Gasteiger partial charge in [0.05, 0.1) is 0 Å². The Kier molecular flexibility index (Phi) is 3.96. The SMILES string of the molecule is CN(CCC(N)C1CC1)CC(C)(C)C. The molecule has 14 heavy (non-hydrogen) atoms. The third-order valence-electron chi connectivity index (χ3n) is 2.82. The standard InChI is InChI=1S/C12H26N2/c1-12(2,3)9-14(4)8-7-11(13)10-5-6-10/h10-11H,5-9,13H2,1-4H3. The van der Waals surface area contributed by atoms with Crippen LogP contribution in [0, 0.1) is 11.3 Å². The lowest BCUT2D eigenvalue weighted by Crippen LogP contribution is -2.34. The van der Waals surface area contributed by atoms with Crippen LogP contribution in [0.15, 0.2) is 0 Å². The molecule has 1 rings (SSSR count). The Morgan fingerprint density at radius 1 is 1.36 bits per heavy atom. The first kappa shape index (κ1) is 12.0. The molecule has 0 aromatic carbocycles. The fraction of sp³-hybridized carbons (Fsp3) is 1.00. The highest BCUT2D eigenvalue weighted by molar-refractivity contribution is 4.84. The van der Waals surface area contributed by atoms with Gasteiger partial charge in [-0.05, 0) is 44.2 Å². The second-order valence-electron chi connectivity index (χ2n) is 6.09. The smallest absolute Gasteiger partial charge is 0.00793 e. The maximum Gasteiger partial charge on any atom is 0.00793 e. The minimum atomic E-state index is 0.401. The maximum atomic E-state index is 6.06. The van der Waals surface area contributed by atoms with Crippen LogP contribution in [0.4, 0.5) is 0 Å². The summed E-state index contributed by atoms with van der Waals surface area (Å²) in [4.78, 5) is 2.40. The summed E-state index contributed by atoms with van der Waals surface area (Å²) < 4.78 is 0. The van der Waals surface area contributed by atoms with Gasteiger partial charge in [0, 0.05) is 12.6 Å². The fourth-order valence-corrected chi connectivity index (χ4v) is 2.02. The van der Waals surface area contributed by atoms with Gasteiger partial charge in [0.2, 0.25) is 0 Å². The molecule has 0 spiro atoms. The van der Waals surface area contributed by atoms with Gasteiger partial charge in [-0.3, -0.25) is 0 Å². The zero-order valence-electron chi connectivity index (χ0n) is 10.2. The number of nitrogens with two attached hydrogens (primary N) is 1. The number of hydrogen-bond donors (Lipinski definition) is 1. The number of nitrogens with zero attached hydrogens (tertiary/aromatic N) is 1. The van der Waals surface area contributed by atoms with E-state index in [4.69, 9.17) is 5.73 Å². The van der Waals surface area contributed by atoms with Gasteiger partial charge in [0.25, 0.3) is 0 Å². The zero-order valence-corrected chi connectivity index (χ0v) is 10.2. The summed E-state index contributed by atoms with van der Waals surface area (Å²) in [6, 6.07) is 0.456. The average molecular weight is 198 g/mol. The molecule has 84 valence electrons. The van der Waals surface area contributed by atoms with Crippen molar-refractivity contribution in [3.63, 3.8) is 0 Å². The second kappa shape index (κ2) is 4.63. The molecule has 0 aromatic rings. The Morgan fingerprint density at radius 3 is 2.36 bits per heavy atom. The Labute approximate surface area is 88.8 Å². The third kappa shape index (κ3) is 4.97. The molecular formula is C12H26N2. The van der Waals surface area contributed by atoms with Crippen molar-refractivity contribution in [3.05, 3.63) is 0 Å². The first-order valence-corrected chi connectivity index (χ1v) is 5.82. The molecule has 0 aliphatic heterocycles. The lowest BCUT2D eigenvalue weighted by atomic mass is 9.96. The maximum absolute atomic E-state index is 6.06. The molecule has 1 unspecified atom stereocenters.